The summed E-state index contributed by atoms with van der Waals surface area (Å²) in [5.41, 5.74) is 0. The van der Waals surface area contributed by atoms with Crippen molar-refractivity contribution < 1.29 is 8.42 Å². The second kappa shape index (κ2) is 5.95. The van der Waals surface area contributed by atoms with Crippen LogP contribution in [-0.4, -0.2) is 41.7 Å². The van der Waals surface area contributed by atoms with Gasteiger partial charge in [0.1, 0.15) is 22.0 Å². The van der Waals surface area contributed by atoms with Gasteiger partial charge in [-0.2, -0.15) is 5.10 Å². The van der Waals surface area contributed by atoms with E-state index in [0.717, 1.165) is 12.4 Å². The molecule has 0 unspecified atom stereocenters. The molecule has 1 aromatic rings. The lowest BCUT2D eigenvalue weighted by molar-refractivity contribution is 0.566. The van der Waals surface area contributed by atoms with Crippen LogP contribution in [-0.2, 0) is 22.9 Å². The standard InChI is InChI=1S/C9H18N4O2S/c1-3-13-9(11-8-12-13)7-10-5-4-6-16(2,14)15/h8,10H,3-7H2,1-2H3. The topological polar surface area (TPSA) is 76.9 Å². The van der Waals surface area contributed by atoms with E-state index in [4.69, 9.17) is 0 Å². The van der Waals surface area contributed by atoms with Gasteiger partial charge in [-0.1, -0.05) is 0 Å². The molecule has 0 aliphatic heterocycles. The first kappa shape index (κ1) is 13.1. The first-order valence-electron chi connectivity index (χ1n) is 5.28. The summed E-state index contributed by atoms with van der Waals surface area (Å²) in [7, 11) is -2.84. The Morgan fingerprint density at radius 3 is 2.88 bits per heavy atom. The van der Waals surface area contributed by atoms with E-state index in [1.165, 1.54) is 12.6 Å². The normalized spacial score (nSPS) is 11.9. The number of sulfone groups is 1. The first-order valence-corrected chi connectivity index (χ1v) is 7.34. The summed E-state index contributed by atoms with van der Waals surface area (Å²) < 4.78 is 23.5. The van der Waals surface area contributed by atoms with Gasteiger partial charge in [-0.3, -0.25) is 0 Å². The van der Waals surface area contributed by atoms with Gasteiger partial charge in [0.2, 0.25) is 0 Å². The molecule has 1 N–H and O–H groups in total. The van der Waals surface area contributed by atoms with Crippen molar-refractivity contribution in [2.75, 3.05) is 18.6 Å². The van der Waals surface area contributed by atoms with E-state index in [1.807, 2.05) is 11.6 Å². The quantitative estimate of drug-likeness (QED) is 0.675. The molecule has 0 aliphatic carbocycles. The van der Waals surface area contributed by atoms with Gasteiger partial charge >= 0.3 is 0 Å². The molecule has 0 aliphatic rings. The molecule has 0 atom stereocenters. The summed E-state index contributed by atoms with van der Waals surface area (Å²) in [6.07, 6.45) is 3.40. The van der Waals surface area contributed by atoms with Crippen molar-refractivity contribution in [3.05, 3.63) is 12.2 Å². The third kappa shape index (κ3) is 4.71. The molecule has 0 saturated carbocycles. The number of nitrogens with one attached hydrogen (secondary N) is 1. The third-order valence-corrected chi connectivity index (χ3v) is 3.18. The molecule has 0 spiro atoms. The minimum absolute atomic E-state index is 0.223. The van der Waals surface area contributed by atoms with E-state index in [0.29, 0.717) is 19.5 Å². The number of rotatable bonds is 7. The van der Waals surface area contributed by atoms with E-state index in [2.05, 4.69) is 15.4 Å². The van der Waals surface area contributed by atoms with E-state index in [1.54, 1.807) is 0 Å². The van der Waals surface area contributed by atoms with Crippen LogP contribution < -0.4 is 5.32 Å². The van der Waals surface area contributed by atoms with Crippen LogP contribution in [0.4, 0.5) is 0 Å². The van der Waals surface area contributed by atoms with Crippen molar-refractivity contribution in [2.24, 2.45) is 0 Å². The highest BCUT2D eigenvalue weighted by Gasteiger charge is 2.03. The lowest BCUT2D eigenvalue weighted by Gasteiger charge is -2.04. The summed E-state index contributed by atoms with van der Waals surface area (Å²) in [6, 6.07) is 0. The van der Waals surface area contributed by atoms with Gasteiger partial charge in [-0.15, -0.1) is 0 Å². The zero-order valence-electron chi connectivity index (χ0n) is 9.68. The number of hydrogen-bond acceptors (Lipinski definition) is 5. The molecule has 0 bridgehead atoms. The van der Waals surface area contributed by atoms with Gasteiger partial charge in [0.25, 0.3) is 0 Å². The fourth-order valence-corrected chi connectivity index (χ4v) is 2.02. The number of aryl methyl sites for hydroxylation is 1. The zero-order chi connectivity index (χ0) is 12.0. The molecule has 1 rings (SSSR count). The van der Waals surface area contributed by atoms with Gasteiger partial charge in [-0.05, 0) is 19.9 Å². The third-order valence-electron chi connectivity index (χ3n) is 2.15. The average molecular weight is 246 g/mol. The Bertz CT molecular complexity index is 413. The van der Waals surface area contributed by atoms with E-state index in [-0.39, 0.29) is 5.75 Å². The highest BCUT2D eigenvalue weighted by atomic mass is 32.2. The molecule has 1 heterocycles. The Morgan fingerprint density at radius 2 is 2.25 bits per heavy atom. The smallest absolute Gasteiger partial charge is 0.147 e. The Balaban J connectivity index is 2.21. The Morgan fingerprint density at radius 1 is 1.50 bits per heavy atom. The van der Waals surface area contributed by atoms with E-state index < -0.39 is 9.84 Å². The summed E-state index contributed by atoms with van der Waals surface area (Å²) in [6.45, 7) is 4.09. The molecule has 0 saturated heterocycles. The Kier molecular flexibility index (Phi) is 4.88. The summed E-state index contributed by atoms with van der Waals surface area (Å²) >= 11 is 0. The minimum atomic E-state index is -2.84. The van der Waals surface area contributed by atoms with E-state index in [9.17, 15) is 8.42 Å². The van der Waals surface area contributed by atoms with Crippen LogP contribution in [0.1, 0.15) is 19.2 Å². The van der Waals surface area contributed by atoms with Crippen LogP contribution in [0, 0.1) is 0 Å². The molecule has 16 heavy (non-hydrogen) atoms. The van der Waals surface area contributed by atoms with Crippen LogP contribution in [0.5, 0.6) is 0 Å². The highest BCUT2D eigenvalue weighted by molar-refractivity contribution is 7.90. The molecule has 6 nitrogen and oxygen atoms in total. The minimum Gasteiger partial charge on any atom is -0.310 e. The van der Waals surface area contributed by atoms with Gasteiger partial charge in [0.15, 0.2) is 0 Å². The number of nitrogens with zero attached hydrogens (tertiary/aromatic N) is 3. The van der Waals surface area contributed by atoms with Crippen molar-refractivity contribution in [2.45, 2.75) is 26.4 Å². The molecule has 0 aromatic carbocycles. The van der Waals surface area contributed by atoms with Crippen molar-refractivity contribution in [3.8, 4) is 0 Å². The van der Waals surface area contributed by atoms with Gasteiger partial charge < -0.3 is 5.32 Å². The average Bonchev–Trinajstić information content (AvgIpc) is 2.63. The van der Waals surface area contributed by atoms with Crippen LogP contribution in [0.15, 0.2) is 6.33 Å². The molecule has 1 aromatic heterocycles. The molecule has 7 heteroatoms. The molecule has 92 valence electrons. The maximum absolute atomic E-state index is 10.9. The van der Waals surface area contributed by atoms with Gasteiger partial charge in [0.05, 0.1) is 12.3 Å². The second-order valence-electron chi connectivity index (χ2n) is 3.65. The maximum atomic E-state index is 10.9. The fourth-order valence-electron chi connectivity index (χ4n) is 1.35. The maximum Gasteiger partial charge on any atom is 0.147 e. The predicted molar refractivity (Wildman–Crippen MR) is 61.7 cm³/mol. The highest BCUT2D eigenvalue weighted by Crippen LogP contribution is 1.93. The van der Waals surface area contributed by atoms with Crippen LogP contribution in [0.3, 0.4) is 0 Å². The SMILES string of the molecule is CCn1ncnc1CNCCCS(C)(=O)=O. The molecular weight excluding hydrogens is 228 g/mol. The largest absolute Gasteiger partial charge is 0.310 e. The predicted octanol–water partition coefficient (Wildman–Crippen LogP) is -0.178. The lowest BCUT2D eigenvalue weighted by Crippen LogP contribution is -2.20. The van der Waals surface area contributed by atoms with Gasteiger partial charge in [-0.25, -0.2) is 18.1 Å². The molecular formula is C9H18N4O2S. The number of hydrogen-bond donors (Lipinski definition) is 1. The summed E-state index contributed by atoms with van der Waals surface area (Å²) in [5.74, 6) is 1.10. The monoisotopic (exact) mass is 246 g/mol. The molecule has 0 amide bonds. The van der Waals surface area contributed by atoms with Crippen LogP contribution in [0.25, 0.3) is 0 Å². The fraction of sp³-hybridized carbons (Fsp3) is 0.778. The number of aromatic nitrogens is 3. The molecule has 0 fully saturated rings. The van der Waals surface area contributed by atoms with E-state index >= 15 is 0 Å². The summed E-state index contributed by atoms with van der Waals surface area (Å²) in [5, 5.41) is 7.19. The van der Waals surface area contributed by atoms with Gasteiger partial charge in [0, 0.05) is 12.8 Å². The van der Waals surface area contributed by atoms with Crippen molar-refractivity contribution in [3.63, 3.8) is 0 Å². The second-order valence-corrected chi connectivity index (χ2v) is 5.91. The van der Waals surface area contributed by atoms with Crippen molar-refractivity contribution in [1.29, 1.82) is 0 Å². The first-order chi connectivity index (χ1) is 7.53. The van der Waals surface area contributed by atoms with Crippen molar-refractivity contribution >= 4 is 9.84 Å². The molecule has 0 radical (unpaired) electrons. The van der Waals surface area contributed by atoms with Crippen LogP contribution >= 0.6 is 0 Å². The van der Waals surface area contributed by atoms with Crippen LogP contribution in [0.2, 0.25) is 0 Å². The van der Waals surface area contributed by atoms with Crippen molar-refractivity contribution in [1.82, 2.24) is 20.1 Å². The summed E-state index contributed by atoms with van der Waals surface area (Å²) in [4.78, 5) is 4.10. The Labute approximate surface area is 96.0 Å². The lowest BCUT2D eigenvalue weighted by atomic mass is 10.4. The zero-order valence-corrected chi connectivity index (χ0v) is 10.5. The Hall–Kier alpha value is -0.950.